The van der Waals surface area contributed by atoms with Crippen molar-refractivity contribution >= 4 is 23.0 Å². The van der Waals surface area contributed by atoms with Crippen molar-refractivity contribution in [3.63, 3.8) is 0 Å². The summed E-state index contributed by atoms with van der Waals surface area (Å²) < 4.78 is 10.8. The first kappa shape index (κ1) is 23.6. The molecule has 6 rings (SSSR count). The molecule has 0 amide bonds. The number of fused-ring (bicyclic) bond motifs is 1. The number of benzene rings is 4. The minimum absolute atomic E-state index is 0.0820. The van der Waals surface area contributed by atoms with Gasteiger partial charge < -0.3 is 19.3 Å². The molecule has 188 valence electrons. The van der Waals surface area contributed by atoms with Gasteiger partial charge in [-0.05, 0) is 55.5 Å². The minimum atomic E-state index is -0.0820. The van der Waals surface area contributed by atoms with E-state index < -0.39 is 0 Å². The van der Waals surface area contributed by atoms with E-state index >= 15 is 0 Å². The van der Waals surface area contributed by atoms with E-state index in [1.807, 2.05) is 60.7 Å². The molecule has 0 aliphatic carbocycles. The molecule has 0 spiro atoms. The number of anilines is 4. The lowest BCUT2D eigenvalue weighted by Crippen LogP contribution is -2.35. The van der Waals surface area contributed by atoms with Gasteiger partial charge in [-0.1, -0.05) is 60.7 Å². The second-order valence-corrected chi connectivity index (χ2v) is 9.07. The van der Waals surface area contributed by atoms with Crippen LogP contribution in [0.25, 0.3) is 22.5 Å². The lowest BCUT2D eigenvalue weighted by atomic mass is 10.0. The first-order chi connectivity index (χ1) is 18.7. The highest BCUT2D eigenvalue weighted by atomic mass is 16.5. The molecule has 1 aliphatic rings. The van der Waals surface area contributed by atoms with Crippen molar-refractivity contribution in [2.24, 2.45) is 0 Å². The van der Waals surface area contributed by atoms with Gasteiger partial charge in [-0.2, -0.15) is 0 Å². The maximum Gasteiger partial charge on any atom is 0.179 e. The zero-order valence-corrected chi connectivity index (χ0v) is 21.6. The average Bonchev–Trinajstić information content (AvgIpc) is 3.28. The molecule has 38 heavy (non-hydrogen) atoms. The van der Waals surface area contributed by atoms with E-state index in [0.29, 0.717) is 0 Å². The predicted molar refractivity (Wildman–Crippen MR) is 153 cm³/mol. The van der Waals surface area contributed by atoms with Crippen LogP contribution in [0.15, 0.2) is 109 Å². The normalized spacial score (nSPS) is 12.9. The molecule has 0 fully saturated rings. The lowest BCUT2D eigenvalue weighted by molar-refractivity contribution is 0.415. The molecule has 4 aromatic carbocycles. The molecular weight excluding hydrogens is 472 g/mol. The Morgan fingerprint density at radius 2 is 0.895 bits per heavy atom. The standard InChI is InChI=1S/C32H28N4O2/c1-22-35(25-14-18-27(37-2)19-15-25)31-32(36(22)26-16-20-28(38-3)21-17-26)34-30(24-12-8-5-9-13-24)29(33-31)23-10-6-4-7-11-23/h4-22H,1-3H3. The fourth-order valence-corrected chi connectivity index (χ4v) is 4.97. The number of ether oxygens (including phenoxy) is 2. The molecule has 6 heteroatoms. The zero-order chi connectivity index (χ0) is 26.1. The van der Waals surface area contributed by atoms with Crippen molar-refractivity contribution in [2.75, 3.05) is 24.0 Å². The number of rotatable bonds is 6. The van der Waals surface area contributed by atoms with Crippen molar-refractivity contribution in [2.45, 2.75) is 13.1 Å². The third-order valence-electron chi connectivity index (χ3n) is 6.86. The summed E-state index contributed by atoms with van der Waals surface area (Å²) in [7, 11) is 3.36. The summed E-state index contributed by atoms with van der Waals surface area (Å²) in [4.78, 5) is 15.1. The zero-order valence-electron chi connectivity index (χ0n) is 21.6. The summed E-state index contributed by atoms with van der Waals surface area (Å²) >= 11 is 0. The van der Waals surface area contributed by atoms with Gasteiger partial charge >= 0.3 is 0 Å². The molecule has 0 bridgehead atoms. The quantitative estimate of drug-likeness (QED) is 0.241. The van der Waals surface area contributed by atoms with E-state index in [4.69, 9.17) is 19.4 Å². The van der Waals surface area contributed by atoms with Crippen LogP contribution < -0.4 is 19.3 Å². The molecule has 2 heterocycles. The summed E-state index contributed by atoms with van der Waals surface area (Å²) in [5, 5.41) is 0. The first-order valence-corrected chi connectivity index (χ1v) is 12.6. The molecule has 1 aromatic heterocycles. The van der Waals surface area contributed by atoms with Gasteiger partial charge in [0, 0.05) is 22.5 Å². The van der Waals surface area contributed by atoms with Gasteiger partial charge in [0.05, 0.1) is 25.6 Å². The molecule has 0 radical (unpaired) electrons. The summed E-state index contributed by atoms with van der Waals surface area (Å²) in [5.41, 5.74) is 5.75. The third kappa shape index (κ3) is 4.10. The number of nitrogens with zero attached hydrogens (tertiary/aromatic N) is 4. The van der Waals surface area contributed by atoms with Gasteiger partial charge in [0.1, 0.15) is 17.7 Å². The van der Waals surface area contributed by atoms with E-state index in [1.54, 1.807) is 14.2 Å². The fraction of sp³-hybridized carbons (Fsp3) is 0.125. The summed E-state index contributed by atoms with van der Waals surface area (Å²) in [6, 6.07) is 36.6. The van der Waals surface area contributed by atoms with Gasteiger partial charge in [0.25, 0.3) is 0 Å². The Labute approximate surface area is 222 Å². The summed E-state index contributed by atoms with van der Waals surface area (Å²) in [6.45, 7) is 2.17. The van der Waals surface area contributed by atoms with Crippen molar-refractivity contribution in [1.29, 1.82) is 0 Å². The lowest BCUT2D eigenvalue weighted by Gasteiger charge is -2.29. The second kappa shape index (κ2) is 9.90. The summed E-state index contributed by atoms with van der Waals surface area (Å²) in [5.74, 6) is 3.22. The van der Waals surface area contributed by atoms with Crippen LogP contribution in [0.2, 0.25) is 0 Å². The van der Waals surface area contributed by atoms with Crippen LogP contribution in [0, 0.1) is 0 Å². The Kier molecular flexibility index (Phi) is 6.14. The van der Waals surface area contributed by atoms with Gasteiger partial charge in [0.2, 0.25) is 0 Å². The van der Waals surface area contributed by atoms with Crippen LogP contribution in [0.4, 0.5) is 23.0 Å². The SMILES string of the molecule is COc1ccc(N2c3nc(-c4ccccc4)c(-c4ccccc4)nc3N(c3ccc(OC)cc3)C2C)cc1. The Morgan fingerprint density at radius 3 is 1.24 bits per heavy atom. The van der Waals surface area contributed by atoms with E-state index in [2.05, 4.69) is 65.3 Å². The highest BCUT2D eigenvalue weighted by Gasteiger charge is 2.39. The monoisotopic (exact) mass is 500 g/mol. The molecule has 5 aromatic rings. The highest BCUT2D eigenvalue weighted by molar-refractivity contribution is 5.89. The fourth-order valence-electron chi connectivity index (χ4n) is 4.97. The van der Waals surface area contributed by atoms with Gasteiger partial charge in [0.15, 0.2) is 11.6 Å². The highest BCUT2D eigenvalue weighted by Crippen LogP contribution is 2.48. The average molecular weight is 501 g/mol. The maximum absolute atomic E-state index is 5.41. The van der Waals surface area contributed by atoms with Crippen LogP contribution in [-0.4, -0.2) is 30.4 Å². The molecule has 6 nitrogen and oxygen atoms in total. The van der Waals surface area contributed by atoms with E-state index in [9.17, 15) is 0 Å². The topological polar surface area (TPSA) is 50.7 Å². The van der Waals surface area contributed by atoms with Gasteiger partial charge in [-0.3, -0.25) is 0 Å². The molecule has 0 unspecified atom stereocenters. The van der Waals surface area contributed by atoms with Crippen molar-refractivity contribution in [1.82, 2.24) is 9.97 Å². The maximum atomic E-state index is 5.41. The van der Waals surface area contributed by atoms with Crippen molar-refractivity contribution < 1.29 is 9.47 Å². The number of methoxy groups -OCH3 is 2. The van der Waals surface area contributed by atoms with Crippen molar-refractivity contribution in [3.05, 3.63) is 109 Å². The molecule has 0 saturated carbocycles. The van der Waals surface area contributed by atoms with E-state index in [1.165, 1.54) is 0 Å². The predicted octanol–water partition coefficient (Wildman–Crippen LogP) is 7.46. The number of hydrogen-bond acceptors (Lipinski definition) is 6. The van der Waals surface area contributed by atoms with E-state index in [0.717, 1.165) is 57.0 Å². The second-order valence-electron chi connectivity index (χ2n) is 9.07. The van der Waals surface area contributed by atoms with Crippen LogP contribution in [0.1, 0.15) is 6.92 Å². The summed E-state index contributed by atoms with van der Waals surface area (Å²) in [6.07, 6.45) is -0.0820. The molecular formula is C32H28N4O2. The number of aromatic nitrogens is 2. The Hall–Kier alpha value is -4.84. The van der Waals surface area contributed by atoms with Gasteiger partial charge in [-0.15, -0.1) is 0 Å². The van der Waals surface area contributed by atoms with Crippen LogP contribution >= 0.6 is 0 Å². The third-order valence-corrected chi connectivity index (χ3v) is 6.86. The molecule has 0 N–H and O–H groups in total. The van der Waals surface area contributed by atoms with E-state index in [-0.39, 0.29) is 6.17 Å². The Balaban J connectivity index is 1.60. The van der Waals surface area contributed by atoms with Crippen molar-refractivity contribution in [3.8, 4) is 34.0 Å². The first-order valence-electron chi connectivity index (χ1n) is 12.6. The molecule has 1 aliphatic heterocycles. The number of hydrogen-bond donors (Lipinski definition) is 0. The largest absolute Gasteiger partial charge is 0.497 e. The van der Waals surface area contributed by atoms with Gasteiger partial charge in [-0.25, -0.2) is 9.97 Å². The van der Waals surface area contributed by atoms with Crippen LogP contribution in [0.3, 0.4) is 0 Å². The minimum Gasteiger partial charge on any atom is -0.497 e. The van der Waals surface area contributed by atoms with Crippen LogP contribution in [0.5, 0.6) is 11.5 Å². The Morgan fingerprint density at radius 1 is 0.526 bits per heavy atom. The molecule has 0 atom stereocenters. The Bertz CT molecular complexity index is 1420. The smallest absolute Gasteiger partial charge is 0.179 e. The van der Waals surface area contributed by atoms with Crippen LogP contribution in [-0.2, 0) is 0 Å². The molecule has 0 saturated heterocycles.